The molecule has 0 bridgehead atoms. The van der Waals surface area contributed by atoms with Gasteiger partial charge in [-0.15, -0.1) is 0 Å². The Kier molecular flexibility index (Phi) is 5.45. The van der Waals surface area contributed by atoms with E-state index in [1.54, 1.807) is 6.07 Å². The summed E-state index contributed by atoms with van der Waals surface area (Å²) in [7, 11) is 0. The Hall–Kier alpha value is -0.180. The summed E-state index contributed by atoms with van der Waals surface area (Å²) in [4.78, 5) is 0. The number of hydrogen-bond acceptors (Lipinski definition) is 2. The molecule has 0 aliphatic carbocycles. The van der Waals surface area contributed by atoms with Gasteiger partial charge < -0.3 is 10.2 Å². The van der Waals surface area contributed by atoms with E-state index in [1.807, 2.05) is 13.8 Å². The minimum absolute atomic E-state index is 0. The van der Waals surface area contributed by atoms with Crippen LogP contribution < -0.4 is 0 Å². The van der Waals surface area contributed by atoms with Crippen molar-refractivity contribution in [2.45, 2.75) is 26.2 Å². The van der Waals surface area contributed by atoms with Crippen LogP contribution in [-0.2, 0) is 0 Å². The van der Waals surface area contributed by atoms with E-state index in [0.29, 0.717) is 0 Å². The summed E-state index contributed by atoms with van der Waals surface area (Å²) in [5.41, 5.74) is 0.817. The molecule has 1 aromatic rings. The molecular weight excluding hydrogens is 175 g/mol. The van der Waals surface area contributed by atoms with Gasteiger partial charge >= 0.3 is 29.6 Å². The van der Waals surface area contributed by atoms with Crippen molar-refractivity contribution >= 4 is 29.6 Å². The van der Waals surface area contributed by atoms with Crippen molar-refractivity contribution in [3.05, 3.63) is 23.8 Å². The zero-order valence-electron chi connectivity index (χ0n) is 7.41. The van der Waals surface area contributed by atoms with Crippen molar-refractivity contribution in [2.24, 2.45) is 0 Å². The molecule has 0 aliphatic heterocycles. The second-order valence-corrected chi connectivity index (χ2v) is 3.05. The van der Waals surface area contributed by atoms with Gasteiger partial charge in [0.15, 0.2) is 0 Å². The summed E-state index contributed by atoms with van der Waals surface area (Å²) >= 11 is 0. The molecule has 13 heavy (non-hydrogen) atoms. The molecule has 0 saturated heterocycles. The van der Waals surface area contributed by atoms with E-state index < -0.39 is 0 Å². The number of benzene rings is 1. The van der Waals surface area contributed by atoms with Gasteiger partial charge in [0.05, 0.1) is 0 Å². The molecule has 0 saturated carbocycles. The molecule has 0 aliphatic rings. The molecular formula is C10H15NaO2. The third-order valence-electron chi connectivity index (χ3n) is 2.15. The van der Waals surface area contributed by atoms with Crippen LogP contribution in [0.3, 0.4) is 0 Å². The summed E-state index contributed by atoms with van der Waals surface area (Å²) in [5, 5.41) is 18.6. The van der Waals surface area contributed by atoms with Gasteiger partial charge in [-0.25, -0.2) is 0 Å². The van der Waals surface area contributed by atoms with Gasteiger partial charge in [-0.1, -0.05) is 13.8 Å². The van der Waals surface area contributed by atoms with Gasteiger partial charge in [-0.05, 0) is 30.5 Å². The molecule has 0 aromatic heterocycles. The van der Waals surface area contributed by atoms with E-state index in [2.05, 4.69) is 0 Å². The molecule has 3 heteroatoms. The van der Waals surface area contributed by atoms with Gasteiger partial charge in [0.25, 0.3) is 0 Å². The van der Waals surface area contributed by atoms with Gasteiger partial charge in [0.2, 0.25) is 0 Å². The number of hydrogen-bond donors (Lipinski definition) is 2. The number of rotatable bonds is 2. The van der Waals surface area contributed by atoms with Crippen molar-refractivity contribution in [3.8, 4) is 11.5 Å². The van der Waals surface area contributed by atoms with E-state index in [-0.39, 0.29) is 47.0 Å². The third-order valence-corrected chi connectivity index (χ3v) is 2.15. The Labute approximate surface area is 101 Å². The first-order valence-electron chi connectivity index (χ1n) is 4.17. The quantitative estimate of drug-likeness (QED) is 0.553. The van der Waals surface area contributed by atoms with Crippen LogP contribution in [0.5, 0.6) is 11.5 Å². The van der Waals surface area contributed by atoms with Crippen LogP contribution in [0.25, 0.3) is 0 Å². The fourth-order valence-corrected chi connectivity index (χ4v) is 1.16. The number of phenolic OH excluding ortho intramolecular Hbond substituents is 2. The normalized spacial score (nSPS) is 11.8. The molecule has 0 heterocycles. The molecule has 68 valence electrons. The maximum absolute atomic E-state index is 9.43. The fourth-order valence-electron chi connectivity index (χ4n) is 1.16. The molecule has 1 rings (SSSR count). The Balaban J connectivity index is 0.00000144. The van der Waals surface area contributed by atoms with Crippen molar-refractivity contribution < 1.29 is 10.2 Å². The Morgan fingerprint density at radius 3 is 2.46 bits per heavy atom. The van der Waals surface area contributed by atoms with E-state index in [1.165, 1.54) is 12.1 Å². The van der Waals surface area contributed by atoms with Crippen LogP contribution in [0.2, 0.25) is 0 Å². The SMILES string of the molecule is CCC(C)c1cc(O)ccc1O.[NaH]. The van der Waals surface area contributed by atoms with Crippen LogP contribution in [0.1, 0.15) is 31.7 Å². The zero-order valence-corrected chi connectivity index (χ0v) is 7.41. The summed E-state index contributed by atoms with van der Waals surface area (Å²) in [6, 6.07) is 4.63. The van der Waals surface area contributed by atoms with Crippen molar-refractivity contribution in [2.75, 3.05) is 0 Å². The fraction of sp³-hybridized carbons (Fsp3) is 0.400. The predicted molar refractivity (Wildman–Crippen MR) is 55.6 cm³/mol. The molecule has 0 radical (unpaired) electrons. The van der Waals surface area contributed by atoms with Gasteiger partial charge in [-0.2, -0.15) is 0 Å². The minimum atomic E-state index is 0. The maximum atomic E-state index is 9.43. The van der Waals surface area contributed by atoms with Crippen molar-refractivity contribution in [3.63, 3.8) is 0 Å². The average Bonchev–Trinajstić information content (AvgIpc) is 2.08. The molecule has 0 amide bonds. The third kappa shape index (κ3) is 3.22. The molecule has 0 fully saturated rings. The Morgan fingerprint density at radius 1 is 1.31 bits per heavy atom. The first-order valence-corrected chi connectivity index (χ1v) is 4.17. The summed E-state index contributed by atoms with van der Waals surface area (Å²) in [5.74, 6) is 0.766. The number of phenols is 2. The second-order valence-electron chi connectivity index (χ2n) is 3.05. The van der Waals surface area contributed by atoms with E-state index in [0.717, 1.165) is 12.0 Å². The van der Waals surface area contributed by atoms with Gasteiger partial charge in [0, 0.05) is 5.56 Å². The first-order chi connectivity index (χ1) is 5.65. The summed E-state index contributed by atoms with van der Waals surface area (Å²) in [6.45, 7) is 4.07. The van der Waals surface area contributed by atoms with Gasteiger partial charge in [0.1, 0.15) is 11.5 Å². The van der Waals surface area contributed by atoms with Crippen LogP contribution in [0.15, 0.2) is 18.2 Å². The molecule has 1 unspecified atom stereocenters. The number of aromatic hydroxyl groups is 2. The summed E-state index contributed by atoms with van der Waals surface area (Å²) in [6.07, 6.45) is 0.955. The summed E-state index contributed by atoms with van der Waals surface area (Å²) < 4.78 is 0. The van der Waals surface area contributed by atoms with Crippen molar-refractivity contribution in [1.82, 2.24) is 0 Å². The van der Waals surface area contributed by atoms with Gasteiger partial charge in [-0.3, -0.25) is 0 Å². The Morgan fingerprint density at radius 2 is 1.92 bits per heavy atom. The predicted octanol–water partition coefficient (Wildman–Crippen LogP) is 1.96. The van der Waals surface area contributed by atoms with Crippen LogP contribution in [0.4, 0.5) is 0 Å². The molecule has 1 atom stereocenters. The first kappa shape index (κ1) is 12.8. The van der Waals surface area contributed by atoms with E-state index >= 15 is 0 Å². The standard InChI is InChI=1S/C10H14O2.Na.H/c1-3-7(2)9-6-8(11)4-5-10(9)12;;/h4-7,11-12H,3H2,1-2H3;;. The van der Waals surface area contributed by atoms with Crippen molar-refractivity contribution in [1.29, 1.82) is 0 Å². The Bertz CT molecular complexity index is 274. The molecule has 0 spiro atoms. The van der Waals surface area contributed by atoms with Crippen LogP contribution >= 0.6 is 0 Å². The molecule has 2 N–H and O–H groups in total. The molecule has 1 aromatic carbocycles. The van der Waals surface area contributed by atoms with E-state index in [9.17, 15) is 10.2 Å². The monoisotopic (exact) mass is 190 g/mol. The zero-order chi connectivity index (χ0) is 9.14. The average molecular weight is 190 g/mol. The second kappa shape index (κ2) is 5.53. The van der Waals surface area contributed by atoms with E-state index in [4.69, 9.17) is 0 Å². The molecule has 2 nitrogen and oxygen atoms in total. The van der Waals surface area contributed by atoms with Crippen LogP contribution in [-0.4, -0.2) is 39.8 Å². The van der Waals surface area contributed by atoms with Crippen LogP contribution in [0, 0.1) is 0 Å². The topological polar surface area (TPSA) is 40.5 Å².